The van der Waals surface area contributed by atoms with Crippen LogP contribution in [-0.4, -0.2) is 6.04 Å². The fraction of sp³-hybridized carbons (Fsp3) is 0.647. The quantitative estimate of drug-likeness (QED) is 0.671. The molecule has 18 heavy (non-hydrogen) atoms. The van der Waals surface area contributed by atoms with Crippen molar-refractivity contribution in [2.45, 2.75) is 71.8 Å². The molecule has 0 radical (unpaired) electrons. The molecular formula is C17H29N. The van der Waals surface area contributed by atoms with Crippen LogP contribution in [-0.2, 0) is 6.42 Å². The minimum absolute atomic E-state index is 0.326. The summed E-state index contributed by atoms with van der Waals surface area (Å²) < 4.78 is 0. The standard InChI is InChI=1S/C17H29N/c1-4-5-6-7-8-9-17(18)13-16-12-14(2)10-11-15(16)3/h10-12,17H,4-9,13,18H2,1-3H3. The number of hydrogen-bond acceptors (Lipinski definition) is 1. The topological polar surface area (TPSA) is 26.0 Å². The maximum Gasteiger partial charge on any atom is 0.00794 e. The van der Waals surface area contributed by atoms with Crippen LogP contribution in [0.1, 0.15) is 62.1 Å². The first kappa shape index (κ1) is 15.2. The van der Waals surface area contributed by atoms with Crippen LogP contribution in [0.25, 0.3) is 0 Å². The Bertz CT molecular complexity index is 343. The van der Waals surface area contributed by atoms with Crippen LogP contribution in [0.4, 0.5) is 0 Å². The number of benzene rings is 1. The van der Waals surface area contributed by atoms with Gasteiger partial charge >= 0.3 is 0 Å². The third-order valence-corrected chi connectivity index (χ3v) is 3.67. The Morgan fingerprint density at radius 2 is 1.78 bits per heavy atom. The first-order valence-electron chi connectivity index (χ1n) is 7.45. The highest BCUT2D eigenvalue weighted by molar-refractivity contribution is 5.31. The number of aryl methyl sites for hydroxylation is 2. The van der Waals surface area contributed by atoms with E-state index in [-0.39, 0.29) is 0 Å². The van der Waals surface area contributed by atoms with Crippen molar-refractivity contribution in [3.63, 3.8) is 0 Å². The smallest absolute Gasteiger partial charge is 0.00794 e. The second-order valence-electron chi connectivity index (χ2n) is 5.60. The minimum Gasteiger partial charge on any atom is -0.327 e. The summed E-state index contributed by atoms with van der Waals surface area (Å²) in [5.41, 5.74) is 10.4. The molecule has 0 saturated carbocycles. The normalized spacial score (nSPS) is 12.7. The van der Waals surface area contributed by atoms with Gasteiger partial charge < -0.3 is 5.73 Å². The van der Waals surface area contributed by atoms with Gasteiger partial charge in [0.1, 0.15) is 0 Å². The summed E-state index contributed by atoms with van der Waals surface area (Å²) in [5.74, 6) is 0. The molecule has 0 aliphatic rings. The zero-order valence-electron chi connectivity index (χ0n) is 12.3. The number of nitrogens with two attached hydrogens (primary N) is 1. The van der Waals surface area contributed by atoms with Gasteiger partial charge in [-0.1, -0.05) is 62.8 Å². The molecule has 0 amide bonds. The third kappa shape index (κ3) is 5.68. The lowest BCUT2D eigenvalue weighted by molar-refractivity contribution is 0.537. The average Bonchev–Trinajstić information content (AvgIpc) is 2.33. The molecule has 0 saturated heterocycles. The highest BCUT2D eigenvalue weighted by atomic mass is 14.6. The Labute approximate surface area is 113 Å². The predicted octanol–water partition coefficient (Wildman–Crippen LogP) is 4.53. The van der Waals surface area contributed by atoms with Crippen LogP contribution >= 0.6 is 0 Å². The molecule has 2 N–H and O–H groups in total. The summed E-state index contributed by atoms with van der Waals surface area (Å²) >= 11 is 0. The summed E-state index contributed by atoms with van der Waals surface area (Å²) in [6.07, 6.45) is 8.87. The Morgan fingerprint density at radius 1 is 1.06 bits per heavy atom. The van der Waals surface area contributed by atoms with E-state index in [0.29, 0.717) is 6.04 Å². The number of hydrogen-bond donors (Lipinski definition) is 1. The average molecular weight is 247 g/mol. The first-order chi connectivity index (χ1) is 8.63. The zero-order chi connectivity index (χ0) is 13.4. The molecule has 0 fully saturated rings. The van der Waals surface area contributed by atoms with E-state index in [1.54, 1.807) is 0 Å². The van der Waals surface area contributed by atoms with Crippen molar-refractivity contribution < 1.29 is 0 Å². The van der Waals surface area contributed by atoms with Crippen molar-refractivity contribution in [1.82, 2.24) is 0 Å². The van der Waals surface area contributed by atoms with Crippen molar-refractivity contribution in [3.05, 3.63) is 34.9 Å². The van der Waals surface area contributed by atoms with Gasteiger partial charge in [-0.05, 0) is 37.8 Å². The van der Waals surface area contributed by atoms with E-state index in [9.17, 15) is 0 Å². The van der Waals surface area contributed by atoms with Gasteiger partial charge in [0, 0.05) is 6.04 Å². The molecule has 1 aromatic carbocycles. The Morgan fingerprint density at radius 3 is 2.50 bits per heavy atom. The molecular weight excluding hydrogens is 218 g/mol. The summed E-state index contributed by atoms with van der Waals surface area (Å²) in [6, 6.07) is 6.99. The van der Waals surface area contributed by atoms with Crippen LogP contribution < -0.4 is 5.73 Å². The fourth-order valence-corrected chi connectivity index (χ4v) is 2.41. The predicted molar refractivity (Wildman–Crippen MR) is 81.0 cm³/mol. The van der Waals surface area contributed by atoms with Crippen LogP contribution in [0.3, 0.4) is 0 Å². The highest BCUT2D eigenvalue weighted by Crippen LogP contribution is 2.15. The molecule has 1 atom stereocenters. The Hall–Kier alpha value is -0.820. The second kappa shape index (κ2) is 8.31. The summed E-state index contributed by atoms with van der Waals surface area (Å²) in [7, 11) is 0. The van der Waals surface area contributed by atoms with Gasteiger partial charge in [-0.3, -0.25) is 0 Å². The van der Waals surface area contributed by atoms with Crippen molar-refractivity contribution in [2.24, 2.45) is 5.73 Å². The van der Waals surface area contributed by atoms with Gasteiger partial charge in [-0.2, -0.15) is 0 Å². The maximum absolute atomic E-state index is 6.24. The van der Waals surface area contributed by atoms with Gasteiger partial charge in [0.2, 0.25) is 0 Å². The molecule has 0 aliphatic carbocycles. The lowest BCUT2D eigenvalue weighted by Crippen LogP contribution is -2.23. The first-order valence-corrected chi connectivity index (χ1v) is 7.45. The zero-order valence-corrected chi connectivity index (χ0v) is 12.3. The molecule has 0 bridgehead atoms. The Kier molecular flexibility index (Phi) is 7.04. The van der Waals surface area contributed by atoms with E-state index < -0.39 is 0 Å². The molecule has 1 nitrogen and oxygen atoms in total. The number of rotatable bonds is 8. The van der Waals surface area contributed by atoms with E-state index in [1.807, 2.05) is 0 Å². The summed E-state index contributed by atoms with van der Waals surface area (Å²) in [4.78, 5) is 0. The molecule has 1 heteroatoms. The van der Waals surface area contributed by atoms with Crippen LogP contribution in [0, 0.1) is 13.8 Å². The molecule has 102 valence electrons. The maximum atomic E-state index is 6.24. The van der Waals surface area contributed by atoms with Crippen LogP contribution in [0.5, 0.6) is 0 Å². The van der Waals surface area contributed by atoms with Crippen LogP contribution in [0.2, 0.25) is 0 Å². The lowest BCUT2D eigenvalue weighted by Gasteiger charge is -2.14. The Balaban J connectivity index is 2.30. The minimum atomic E-state index is 0.326. The van der Waals surface area contributed by atoms with Gasteiger partial charge in [-0.15, -0.1) is 0 Å². The SMILES string of the molecule is CCCCCCCC(N)Cc1cc(C)ccc1C. The van der Waals surface area contributed by atoms with Crippen molar-refractivity contribution in [1.29, 1.82) is 0 Å². The van der Waals surface area contributed by atoms with Crippen LogP contribution in [0.15, 0.2) is 18.2 Å². The molecule has 0 aliphatic heterocycles. The van der Waals surface area contributed by atoms with Gasteiger partial charge in [0.15, 0.2) is 0 Å². The van der Waals surface area contributed by atoms with Gasteiger partial charge in [0.25, 0.3) is 0 Å². The van der Waals surface area contributed by atoms with Gasteiger partial charge in [-0.25, -0.2) is 0 Å². The van der Waals surface area contributed by atoms with E-state index in [2.05, 4.69) is 39.0 Å². The molecule has 0 heterocycles. The molecule has 1 rings (SSSR count). The van der Waals surface area contributed by atoms with E-state index in [4.69, 9.17) is 5.73 Å². The largest absolute Gasteiger partial charge is 0.327 e. The summed E-state index contributed by atoms with van der Waals surface area (Å²) in [5, 5.41) is 0. The fourth-order valence-electron chi connectivity index (χ4n) is 2.41. The van der Waals surface area contributed by atoms with Crippen molar-refractivity contribution in [2.75, 3.05) is 0 Å². The van der Waals surface area contributed by atoms with E-state index >= 15 is 0 Å². The highest BCUT2D eigenvalue weighted by Gasteiger charge is 2.06. The molecule has 1 unspecified atom stereocenters. The van der Waals surface area contributed by atoms with Crippen molar-refractivity contribution >= 4 is 0 Å². The lowest BCUT2D eigenvalue weighted by atomic mass is 9.96. The van der Waals surface area contributed by atoms with E-state index in [0.717, 1.165) is 12.8 Å². The van der Waals surface area contributed by atoms with Gasteiger partial charge in [0.05, 0.1) is 0 Å². The second-order valence-corrected chi connectivity index (χ2v) is 5.60. The monoisotopic (exact) mass is 247 g/mol. The molecule has 0 aromatic heterocycles. The summed E-state index contributed by atoms with van der Waals surface area (Å²) in [6.45, 7) is 6.59. The molecule has 0 spiro atoms. The third-order valence-electron chi connectivity index (χ3n) is 3.67. The van der Waals surface area contributed by atoms with Crippen molar-refractivity contribution in [3.8, 4) is 0 Å². The van der Waals surface area contributed by atoms with E-state index in [1.165, 1.54) is 48.8 Å². The molecule has 1 aromatic rings. The number of unbranched alkanes of at least 4 members (excludes halogenated alkanes) is 4.